The molecule has 1 fully saturated rings. The summed E-state index contributed by atoms with van der Waals surface area (Å²) in [6.07, 6.45) is 0.306. The van der Waals surface area contributed by atoms with Crippen molar-refractivity contribution in [3.05, 3.63) is 35.0 Å². The Balaban J connectivity index is 1.77. The Morgan fingerprint density at radius 2 is 2.11 bits per heavy atom. The maximum absolute atomic E-state index is 13.5. The zero-order chi connectivity index (χ0) is 19.6. The summed E-state index contributed by atoms with van der Waals surface area (Å²) in [6.45, 7) is 0.0800. The second kappa shape index (κ2) is 8.21. The van der Waals surface area contributed by atoms with Crippen LogP contribution in [0.15, 0.2) is 24.4 Å². The Kier molecular flexibility index (Phi) is 6.14. The van der Waals surface area contributed by atoms with E-state index in [0.29, 0.717) is 40.8 Å². The average molecular weight is 404 g/mol. The van der Waals surface area contributed by atoms with Crippen LogP contribution in [0.2, 0.25) is 5.02 Å². The summed E-state index contributed by atoms with van der Waals surface area (Å²) in [5.74, 6) is -2.99. The van der Waals surface area contributed by atoms with Crippen LogP contribution in [-0.4, -0.2) is 22.7 Å². The van der Waals surface area contributed by atoms with Crippen LogP contribution in [0.25, 0.3) is 10.9 Å². The molecule has 0 saturated heterocycles. The number of halogens is 5. The van der Waals surface area contributed by atoms with Crippen LogP contribution in [0, 0.1) is 5.92 Å². The van der Waals surface area contributed by atoms with Gasteiger partial charge in [0.2, 0.25) is 12.3 Å². The van der Waals surface area contributed by atoms with Crippen molar-refractivity contribution in [2.75, 3.05) is 0 Å². The van der Waals surface area contributed by atoms with Crippen molar-refractivity contribution in [2.24, 2.45) is 5.92 Å². The maximum Gasteiger partial charge on any atom is 0.248 e. The summed E-state index contributed by atoms with van der Waals surface area (Å²) in [7, 11) is 0. The molecule has 1 unspecified atom stereocenters. The summed E-state index contributed by atoms with van der Waals surface area (Å²) < 4.78 is 53.9. The molecule has 1 aromatic heterocycles. The molecule has 1 aliphatic carbocycles. The molecule has 1 aliphatic rings. The third-order valence-electron chi connectivity index (χ3n) is 5.27. The van der Waals surface area contributed by atoms with Gasteiger partial charge in [0.25, 0.3) is 0 Å². The topological polar surface area (TPSA) is 22.0 Å². The lowest BCUT2D eigenvalue weighted by molar-refractivity contribution is -0.0535. The number of Topliss-reactive ketones (excluding diaryl/α,β-unsaturated/α-hetero) is 1. The molecule has 1 saturated carbocycles. The number of hydrogen-bond acceptors (Lipinski definition) is 1. The van der Waals surface area contributed by atoms with Crippen molar-refractivity contribution in [1.29, 1.82) is 0 Å². The lowest BCUT2D eigenvalue weighted by Crippen LogP contribution is -2.26. The zero-order valence-electron chi connectivity index (χ0n) is 14.9. The molecule has 1 heterocycles. The van der Waals surface area contributed by atoms with Crippen molar-refractivity contribution >= 4 is 28.3 Å². The van der Waals surface area contributed by atoms with E-state index in [0.717, 1.165) is 0 Å². The normalized spacial score (nSPS) is 19.7. The van der Waals surface area contributed by atoms with Gasteiger partial charge in [-0.3, -0.25) is 4.79 Å². The molecule has 0 bridgehead atoms. The van der Waals surface area contributed by atoms with E-state index in [9.17, 15) is 22.4 Å². The highest BCUT2D eigenvalue weighted by Crippen LogP contribution is 2.39. The summed E-state index contributed by atoms with van der Waals surface area (Å²) in [5, 5.41) is 0.934. The highest BCUT2D eigenvalue weighted by molar-refractivity contribution is 6.37. The van der Waals surface area contributed by atoms with E-state index in [1.165, 1.54) is 0 Å². The van der Waals surface area contributed by atoms with Gasteiger partial charge in [-0.1, -0.05) is 24.1 Å². The van der Waals surface area contributed by atoms with Crippen LogP contribution in [0.4, 0.5) is 17.6 Å². The number of fused-ring (bicyclic) bond motifs is 1. The SMILES string of the molecule is O=C(CCC1CCCC(F)(F)C1)c1cn(CCC(F)F)c2cccc(Cl)c12. The fourth-order valence-corrected chi connectivity index (χ4v) is 4.21. The van der Waals surface area contributed by atoms with E-state index >= 15 is 0 Å². The molecule has 3 rings (SSSR count). The lowest BCUT2D eigenvalue weighted by Gasteiger charge is -2.28. The molecule has 1 atom stereocenters. The summed E-state index contributed by atoms with van der Waals surface area (Å²) in [5.41, 5.74) is 1.02. The van der Waals surface area contributed by atoms with Crippen LogP contribution in [0.1, 0.15) is 55.3 Å². The van der Waals surface area contributed by atoms with Crippen molar-refractivity contribution in [3.63, 3.8) is 0 Å². The molecular weight excluding hydrogens is 382 g/mol. The van der Waals surface area contributed by atoms with Gasteiger partial charge in [0.05, 0.1) is 10.5 Å². The number of aromatic nitrogens is 1. The van der Waals surface area contributed by atoms with E-state index in [1.54, 1.807) is 29.0 Å². The van der Waals surface area contributed by atoms with Crippen LogP contribution in [-0.2, 0) is 6.54 Å². The fraction of sp³-hybridized carbons (Fsp3) is 0.550. The lowest BCUT2D eigenvalue weighted by atomic mass is 9.83. The number of carbonyl (C=O) groups is 1. The number of hydrogen-bond donors (Lipinski definition) is 0. The fourth-order valence-electron chi connectivity index (χ4n) is 3.93. The van der Waals surface area contributed by atoms with Crippen LogP contribution in [0.3, 0.4) is 0 Å². The minimum atomic E-state index is -2.64. The van der Waals surface area contributed by atoms with Gasteiger partial charge in [-0.25, -0.2) is 17.6 Å². The Morgan fingerprint density at radius 1 is 1.33 bits per heavy atom. The first-order valence-electron chi connectivity index (χ1n) is 9.23. The molecule has 0 radical (unpaired) electrons. The number of aryl methyl sites for hydroxylation is 1. The van der Waals surface area contributed by atoms with Gasteiger partial charge in [-0.2, -0.15) is 0 Å². The second-order valence-corrected chi connectivity index (χ2v) is 7.74. The minimum Gasteiger partial charge on any atom is -0.346 e. The number of benzene rings is 1. The largest absolute Gasteiger partial charge is 0.346 e. The van der Waals surface area contributed by atoms with Crippen molar-refractivity contribution < 1.29 is 22.4 Å². The number of ketones is 1. The molecular formula is C20H22ClF4NO. The van der Waals surface area contributed by atoms with Gasteiger partial charge >= 0.3 is 0 Å². The predicted octanol–water partition coefficient (Wildman–Crippen LogP) is 6.74. The number of rotatable bonds is 7. The van der Waals surface area contributed by atoms with Crippen molar-refractivity contribution in [1.82, 2.24) is 4.57 Å². The molecule has 0 N–H and O–H groups in total. The van der Waals surface area contributed by atoms with Crippen LogP contribution >= 0.6 is 11.6 Å². The quantitative estimate of drug-likeness (QED) is 0.370. The molecule has 2 nitrogen and oxygen atoms in total. The first kappa shape index (κ1) is 20.2. The summed E-state index contributed by atoms with van der Waals surface area (Å²) in [4.78, 5) is 12.8. The maximum atomic E-state index is 13.5. The molecule has 0 spiro atoms. The van der Waals surface area contributed by atoms with E-state index in [4.69, 9.17) is 11.6 Å². The zero-order valence-corrected chi connectivity index (χ0v) is 15.6. The Bertz CT molecular complexity index is 818. The average Bonchev–Trinajstić information content (AvgIpc) is 2.97. The number of carbonyl (C=O) groups excluding carboxylic acids is 1. The third kappa shape index (κ3) is 4.84. The Labute approximate surface area is 160 Å². The molecule has 1 aromatic carbocycles. The monoisotopic (exact) mass is 403 g/mol. The number of alkyl halides is 4. The predicted molar refractivity (Wildman–Crippen MR) is 98.0 cm³/mol. The molecule has 0 amide bonds. The molecule has 7 heteroatoms. The van der Waals surface area contributed by atoms with Crippen molar-refractivity contribution in [3.8, 4) is 0 Å². The standard InChI is InChI=1S/C20H22ClF4NO/c21-15-4-1-5-16-19(15)14(12-26(16)10-8-18(22)23)17(27)7-6-13-3-2-9-20(24,25)11-13/h1,4-5,12-13,18H,2-3,6-11H2. The minimum absolute atomic E-state index is 0.0787. The van der Waals surface area contributed by atoms with Gasteiger partial charge in [0.1, 0.15) is 0 Å². The van der Waals surface area contributed by atoms with Gasteiger partial charge in [-0.05, 0) is 30.9 Å². The van der Waals surface area contributed by atoms with Gasteiger partial charge in [-0.15, -0.1) is 0 Å². The Morgan fingerprint density at radius 3 is 2.81 bits per heavy atom. The number of nitrogens with zero attached hydrogens (tertiary/aromatic N) is 1. The molecule has 27 heavy (non-hydrogen) atoms. The third-order valence-corrected chi connectivity index (χ3v) is 5.58. The molecule has 2 aromatic rings. The van der Waals surface area contributed by atoms with Gasteiger partial charge in [0, 0.05) is 49.4 Å². The Hall–Kier alpha value is -1.56. The smallest absolute Gasteiger partial charge is 0.248 e. The molecule has 0 aliphatic heterocycles. The van der Waals surface area contributed by atoms with Gasteiger partial charge in [0.15, 0.2) is 5.78 Å². The highest BCUT2D eigenvalue weighted by Gasteiger charge is 2.36. The summed E-state index contributed by atoms with van der Waals surface area (Å²) in [6, 6.07) is 5.10. The van der Waals surface area contributed by atoms with Crippen LogP contribution in [0.5, 0.6) is 0 Å². The highest BCUT2D eigenvalue weighted by atomic mass is 35.5. The van der Waals surface area contributed by atoms with Crippen LogP contribution < -0.4 is 0 Å². The van der Waals surface area contributed by atoms with E-state index in [2.05, 4.69) is 0 Å². The second-order valence-electron chi connectivity index (χ2n) is 7.33. The van der Waals surface area contributed by atoms with Gasteiger partial charge < -0.3 is 4.57 Å². The van der Waals surface area contributed by atoms with E-state index in [1.807, 2.05) is 0 Å². The first-order valence-corrected chi connectivity index (χ1v) is 9.61. The van der Waals surface area contributed by atoms with Crippen molar-refractivity contribution in [2.45, 2.75) is 63.8 Å². The van der Waals surface area contributed by atoms with E-state index < -0.39 is 12.3 Å². The summed E-state index contributed by atoms with van der Waals surface area (Å²) >= 11 is 6.26. The molecule has 148 valence electrons. The first-order chi connectivity index (χ1) is 12.8. The van der Waals surface area contributed by atoms with E-state index in [-0.39, 0.29) is 43.9 Å².